The van der Waals surface area contributed by atoms with Crippen LogP contribution in [0.2, 0.25) is 0 Å². The molecule has 4 nitrogen and oxygen atoms in total. The highest BCUT2D eigenvalue weighted by Crippen LogP contribution is 2.24. The second-order valence-corrected chi connectivity index (χ2v) is 3.97. The molecule has 1 amide bonds. The predicted octanol–water partition coefficient (Wildman–Crippen LogP) is 1.29. The number of carbonyl (C=O) groups is 1. The molecule has 1 fully saturated rings. The lowest BCUT2D eigenvalue weighted by Gasteiger charge is -2.34. The van der Waals surface area contributed by atoms with Crippen LogP contribution in [0.15, 0.2) is 18.3 Å². The van der Waals surface area contributed by atoms with Crippen molar-refractivity contribution in [1.82, 2.24) is 9.88 Å². The van der Waals surface area contributed by atoms with Crippen LogP contribution in [0.1, 0.15) is 29.6 Å². The second-order valence-electron chi connectivity index (χ2n) is 3.97. The van der Waals surface area contributed by atoms with Crippen molar-refractivity contribution in [3.63, 3.8) is 0 Å². The van der Waals surface area contributed by atoms with Crippen LogP contribution in [-0.4, -0.2) is 28.9 Å². The van der Waals surface area contributed by atoms with Gasteiger partial charge in [-0.1, -0.05) is 0 Å². The third-order valence-corrected chi connectivity index (χ3v) is 2.98. The standard InChI is InChI=1S/C11H15N3O/c1-14(9-3-2-4-9)11(15)8-5-6-10(12)13-7-8/h5-7,9H,2-4H2,1H3,(H2,12,13). The van der Waals surface area contributed by atoms with Gasteiger partial charge in [-0.15, -0.1) is 0 Å². The molecule has 0 unspecified atom stereocenters. The fourth-order valence-electron chi connectivity index (χ4n) is 1.68. The van der Waals surface area contributed by atoms with Gasteiger partial charge in [0.05, 0.1) is 5.56 Å². The van der Waals surface area contributed by atoms with Gasteiger partial charge in [0.2, 0.25) is 0 Å². The van der Waals surface area contributed by atoms with Gasteiger partial charge in [0.15, 0.2) is 0 Å². The lowest BCUT2D eigenvalue weighted by molar-refractivity contribution is 0.0651. The molecule has 0 saturated heterocycles. The van der Waals surface area contributed by atoms with Crippen LogP contribution >= 0.6 is 0 Å². The molecule has 80 valence electrons. The lowest BCUT2D eigenvalue weighted by Crippen LogP contribution is -2.41. The Morgan fingerprint density at radius 2 is 2.27 bits per heavy atom. The van der Waals surface area contributed by atoms with Crippen molar-refractivity contribution in [2.45, 2.75) is 25.3 Å². The maximum absolute atomic E-state index is 11.9. The van der Waals surface area contributed by atoms with E-state index in [2.05, 4.69) is 4.98 Å². The highest BCUT2D eigenvalue weighted by molar-refractivity contribution is 5.94. The topological polar surface area (TPSA) is 59.2 Å². The number of hydrogen-bond donors (Lipinski definition) is 1. The maximum Gasteiger partial charge on any atom is 0.255 e. The lowest BCUT2D eigenvalue weighted by atomic mass is 9.91. The largest absolute Gasteiger partial charge is 0.384 e. The Morgan fingerprint density at radius 3 is 2.73 bits per heavy atom. The minimum atomic E-state index is 0.0344. The number of amides is 1. The molecule has 0 atom stereocenters. The Morgan fingerprint density at radius 1 is 1.53 bits per heavy atom. The molecule has 4 heteroatoms. The van der Waals surface area contributed by atoms with E-state index in [-0.39, 0.29) is 5.91 Å². The summed E-state index contributed by atoms with van der Waals surface area (Å²) >= 11 is 0. The number of carbonyl (C=O) groups excluding carboxylic acids is 1. The first-order valence-corrected chi connectivity index (χ1v) is 5.17. The first-order valence-electron chi connectivity index (χ1n) is 5.17. The van der Waals surface area contributed by atoms with Crippen LogP contribution in [0.5, 0.6) is 0 Å². The quantitative estimate of drug-likeness (QED) is 0.791. The molecule has 1 aromatic rings. The van der Waals surface area contributed by atoms with Crippen molar-refractivity contribution in [2.75, 3.05) is 12.8 Å². The molecule has 1 aliphatic rings. The van der Waals surface area contributed by atoms with Gasteiger partial charge in [-0.25, -0.2) is 4.98 Å². The van der Waals surface area contributed by atoms with Crippen molar-refractivity contribution in [3.05, 3.63) is 23.9 Å². The molecule has 0 radical (unpaired) electrons. The van der Waals surface area contributed by atoms with Crippen LogP contribution in [-0.2, 0) is 0 Å². The number of rotatable bonds is 2. The number of hydrogen-bond acceptors (Lipinski definition) is 3. The highest BCUT2D eigenvalue weighted by Gasteiger charge is 2.26. The molecule has 2 rings (SSSR count). The molecule has 2 N–H and O–H groups in total. The van der Waals surface area contributed by atoms with Gasteiger partial charge in [-0.3, -0.25) is 4.79 Å². The summed E-state index contributed by atoms with van der Waals surface area (Å²) in [5, 5.41) is 0. The molecule has 1 aromatic heterocycles. The summed E-state index contributed by atoms with van der Waals surface area (Å²) in [6.45, 7) is 0. The van der Waals surface area contributed by atoms with E-state index in [4.69, 9.17) is 5.73 Å². The van der Waals surface area contributed by atoms with Gasteiger partial charge in [-0.2, -0.15) is 0 Å². The van der Waals surface area contributed by atoms with Crippen LogP contribution in [0.3, 0.4) is 0 Å². The van der Waals surface area contributed by atoms with E-state index >= 15 is 0 Å². The molecular weight excluding hydrogens is 190 g/mol. The number of nitrogen functional groups attached to an aromatic ring is 1. The van der Waals surface area contributed by atoms with E-state index in [0.29, 0.717) is 17.4 Å². The molecule has 15 heavy (non-hydrogen) atoms. The number of aromatic nitrogens is 1. The average Bonchev–Trinajstić information content (AvgIpc) is 2.15. The smallest absolute Gasteiger partial charge is 0.255 e. The average molecular weight is 205 g/mol. The third-order valence-electron chi connectivity index (χ3n) is 2.98. The Bertz CT molecular complexity index is 357. The summed E-state index contributed by atoms with van der Waals surface area (Å²) in [5.41, 5.74) is 6.07. The van der Waals surface area contributed by atoms with Crippen LogP contribution in [0.4, 0.5) is 5.82 Å². The summed E-state index contributed by atoms with van der Waals surface area (Å²) < 4.78 is 0. The van der Waals surface area contributed by atoms with E-state index in [1.807, 2.05) is 7.05 Å². The van der Waals surface area contributed by atoms with Gasteiger partial charge < -0.3 is 10.6 Å². The number of nitrogens with zero attached hydrogens (tertiary/aromatic N) is 2. The van der Waals surface area contributed by atoms with Crippen molar-refractivity contribution >= 4 is 11.7 Å². The van der Waals surface area contributed by atoms with Crippen molar-refractivity contribution in [3.8, 4) is 0 Å². The zero-order valence-electron chi connectivity index (χ0n) is 8.81. The van der Waals surface area contributed by atoms with Gasteiger partial charge >= 0.3 is 0 Å². The second kappa shape index (κ2) is 3.88. The third kappa shape index (κ3) is 1.93. The summed E-state index contributed by atoms with van der Waals surface area (Å²) in [7, 11) is 1.85. The summed E-state index contributed by atoms with van der Waals surface area (Å²) in [5.74, 6) is 0.477. The molecule has 0 spiro atoms. The fraction of sp³-hybridized carbons (Fsp3) is 0.455. The SMILES string of the molecule is CN(C(=O)c1ccc(N)nc1)C1CCC1. The molecule has 1 saturated carbocycles. The fourth-order valence-corrected chi connectivity index (χ4v) is 1.68. The number of anilines is 1. The first kappa shape index (κ1) is 9.96. The van der Waals surface area contributed by atoms with Crippen molar-refractivity contribution in [2.24, 2.45) is 0 Å². The maximum atomic E-state index is 11.9. The molecule has 0 bridgehead atoms. The van der Waals surface area contributed by atoms with E-state index < -0.39 is 0 Å². The Labute approximate surface area is 89.1 Å². The minimum Gasteiger partial charge on any atom is -0.384 e. The highest BCUT2D eigenvalue weighted by atomic mass is 16.2. The van der Waals surface area contributed by atoms with E-state index in [1.54, 1.807) is 17.0 Å². The summed E-state index contributed by atoms with van der Waals surface area (Å²) in [4.78, 5) is 17.7. The van der Waals surface area contributed by atoms with Gasteiger partial charge in [0, 0.05) is 19.3 Å². The van der Waals surface area contributed by atoms with Crippen molar-refractivity contribution in [1.29, 1.82) is 0 Å². The van der Waals surface area contributed by atoms with Gasteiger partial charge in [0.1, 0.15) is 5.82 Å². The first-order chi connectivity index (χ1) is 7.18. The molecule has 0 aromatic carbocycles. The van der Waals surface area contributed by atoms with Crippen LogP contribution < -0.4 is 5.73 Å². The number of pyridine rings is 1. The van der Waals surface area contributed by atoms with Crippen molar-refractivity contribution < 1.29 is 4.79 Å². The molecule has 1 heterocycles. The zero-order valence-corrected chi connectivity index (χ0v) is 8.81. The van der Waals surface area contributed by atoms with E-state index in [1.165, 1.54) is 12.6 Å². The van der Waals surface area contributed by atoms with Gasteiger partial charge in [0.25, 0.3) is 5.91 Å². The molecule has 1 aliphatic carbocycles. The molecular formula is C11H15N3O. The monoisotopic (exact) mass is 205 g/mol. The summed E-state index contributed by atoms with van der Waals surface area (Å²) in [6.07, 6.45) is 4.99. The minimum absolute atomic E-state index is 0.0344. The van der Waals surface area contributed by atoms with Crippen LogP contribution in [0.25, 0.3) is 0 Å². The predicted molar refractivity (Wildman–Crippen MR) is 58.4 cm³/mol. The Hall–Kier alpha value is -1.58. The zero-order chi connectivity index (χ0) is 10.8. The Kier molecular flexibility index (Phi) is 2.58. The van der Waals surface area contributed by atoms with Crippen LogP contribution in [0, 0.1) is 0 Å². The van der Waals surface area contributed by atoms with Gasteiger partial charge in [-0.05, 0) is 31.4 Å². The normalized spacial score (nSPS) is 15.8. The number of nitrogens with two attached hydrogens (primary N) is 1. The molecule has 0 aliphatic heterocycles. The summed E-state index contributed by atoms with van der Waals surface area (Å²) in [6, 6.07) is 3.79. The Balaban J connectivity index is 2.09. The van der Waals surface area contributed by atoms with E-state index in [0.717, 1.165) is 12.8 Å². The van der Waals surface area contributed by atoms with E-state index in [9.17, 15) is 4.79 Å².